The van der Waals surface area contributed by atoms with Crippen LogP contribution in [0.25, 0.3) is 17.0 Å². The molecule has 1 aromatic heterocycles. The number of ether oxygens (including phenoxy) is 2. The minimum Gasteiger partial charge on any atom is -0.493 e. The van der Waals surface area contributed by atoms with Crippen LogP contribution in [-0.4, -0.2) is 41.0 Å². The summed E-state index contributed by atoms with van der Waals surface area (Å²) in [6.45, 7) is 4.04. The number of aromatic nitrogens is 2. The van der Waals surface area contributed by atoms with E-state index >= 15 is 0 Å². The van der Waals surface area contributed by atoms with Gasteiger partial charge in [0, 0.05) is 12.1 Å². The zero-order chi connectivity index (χ0) is 21.7. The Bertz CT molecular complexity index is 1130. The van der Waals surface area contributed by atoms with Gasteiger partial charge in [0.05, 0.1) is 31.7 Å². The van der Waals surface area contributed by atoms with Crippen LogP contribution >= 0.6 is 0 Å². The second-order valence-electron chi connectivity index (χ2n) is 7.04. The first-order chi connectivity index (χ1) is 14.4. The fourth-order valence-electron chi connectivity index (χ4n) is 3.11. The number of hydrogen-bond donors (Lipinski definition) is 1. The van der Waals surface area contributed by atoms with Crippen LogP contribution in [0.15, 0.2) is 53.3 Å². The summed E-state index contributed by atoms with van der Waals surface area (Å²) in [5.41, 5.74) is 1.20. The predicted molar refractivity (Wildman–Crippen MR) is 117 cm³/mol. The fraction of sp³-hybridized carbons (Fsp3) is 0.261. The van der Waals surface area contributed by atoms with Crippen molar-refractivity contribution in [3.8, 4) is 11.5 Å². The maximum absolute atomic E-state index is 12.9. The molecule has 156 valence electrons. The molecule has 7 heteroatoms. The quantitative estimate of drug-likeness (QED) is 0.607. The highest BCUT2D eigenvalue weighted by Crippen LogP contribution is 2.28. The Kier molecular flexibility index (Phi) is 6.51. The summed E-state index contributed by atoms with van der Waals surface area (Å²) >= 11 is 0. The highest BCUT2D eigenvalue weighted by atomic mass is 16.5. The Labute approximate surface area is 175 Å². The first-order valence-electron chi connectivity index (χ1n) is 9.61. The molecule has 1 N–H and O–H groups in total. The molecular weight excluding hydrogens is 382 g/mol. The van der Waals surface area contributed by atoms with E-state index in [1.807, 2.05) is 26.0 Å². The van der Waals surface area contributed by atoms with Crippen LogP contribution < -0.4 is 15.0 Å². The van der Waals surface area contributed by atoms with Gasteiger partial charge in [0.1, 0.15) is 5.82 Å². The lowest BCUT2D eigenvalue weighted by Crippen LogP contribution is -2.36. The van der Waals surface area contributed by atoms with Gasteiger partial charge in [-0.25, -0.2) is 4.98 Å². The SMILES string of the molecule is COc1ccc(/C=C/C(=O)N(Cc2nc3ccccc3c(=O)[nH]2)C(C)C)cc1OC. The zero-order valence-corrected chi connectivity index (χ0v) is 17.5. The molecule has 3 aromatic rings. The highest BCUT2D eigenvalue weighted by molar-refractivity contribution is 5.92. The number of nitrogens with one attached hydrogen (secondary N) is 1. The Hall–Kier alpha value is -3.61. The normalized spacial score (nSPS) is 11.2. The first-order valence-corrected chi connectivity index (χ1v) is 9.61. The van der Waals surface area contributed by atoms with E-state index in [0.717, 1.165) is 5.56 Å². The molecule has 2 aromatic carbocycles. The summed E-state index contributed by atoms with van der Waals surface area (Å²) in [4.78, 5) is 34.1. The fourth-order valence-corrected chi connectivity index (χ4v) is 3.11. The highest BCUT2D eigenvalue weighted by Gasteiger charge is 2.17. The number of hydrogen-bond acceptors (Lipinski definition) is 5. The molecule has 1 amide bonds. The number of nitrogens with zero attached hydrogens (tertiary/aromatic N) is 2. The third-order valence-electron chi connectivity index (χ3n) is 4.71. The summed E-state index contributed by atoms with van der Waals surface area (Å²) < 4.78 is 10.5. The summed E-state index contributed by atoms with van der Waals surface area (Å²) in [6.07, 6.45) is 3.22. The van der Waals surface area contributed by atoms with Crippen LogP contribution in [0.3, 0.4) is 0 Å². The van der Waals surface area contributed by atoms with Gasteiger partial charge < -0.3 is 19.4 Å². The van der Waals surface area contributed by atoms with Crippen LogP contribution in [0.1, 0.15) is 25.2 Å². The third-order valence-corrected chi connectivity index (χ3v) is 4.71. The van der Waals surface area contributed by atoms with Crippen molar-refractivity contribution in [3.05, 3.63) is 70.3 Å². The number of methoxy groups -OCH3 is 2. The van der Waals surface area contributed by atoms with E-state index in [1.165, 1.54) is 6.08 Å². The van der Waals surface area contributed by atoms with E-state index in [-0.39, 0.29) is 24.1 Å². The number of benzene rings is 2. The van der Waals surface area contributed by atoms with Gasteiger partial charge in [-0.1, -0.05) is 18.2 Å². The van der Waals surface area contributed by atoms with Gasteiger partial charge in [0.2, 0.25) is 5.91 Å². The van der Waals surface area contributed by atoms with Crippen molar-refractivity contribution in [3.63, 3.8) is 0 Å². The number of rotatable bonds is 7. The van der Waals surface area contributed by atoms with E-state index in [1.54, 1.807) is 55.5 Å². The second-order valence-corrected chi connectivity index (χ2v) is 7.04. The number of fused-ring (bicyclic) bond motifs is 1. The molecule has 7 nitrogen and oxygen atoms in total. The topological polar surface area (TPSA) is 84.5 Å². The van der Waals surface area contributed by atoms with Gasteiger partial charge >= 0.3 is 0 Å². The Morgan fingerprint density at radius 2 is 1.87 bits per heavy atom. The lowest BCUT2D eigenvalue weighted by Gasteiger charge is -2.25. The summed E-state index contributed by atoms with van der Waals surface area (Å²) in [7, 11) is 3.14. The van der Waals surface area contributed by atoms with Crippen molar-refractivity contribution >= 4 is 22.9 Å². The smallest absolute Gasteiger partial charge is 0.258 e. The molecule has 0 aliphatic rings. The summed E-state index contributed by atoms with van der Waals surface area (Å²) in [5.74, 6) is 1.47. The van der Waals surface area contributed by atoms with Crippen molar-refractivity contribution in [1.29, 1.82) is 0 Å². The molecule has 3 rings (SSSR count). The minimum atomic E-state index is -0.215. The van der Waals surface area contributed by atoms with E-state index in [4.69, 9.17) is 9.47 Å². The van der Waals surface area contributed by atoms with Gasteiger partial charge in [-0.05, 0) is 49.8 Å². The number of carbonyl (C=O) groups excluding carboxylic acids is 1. The van der Waals surface area contributed by atoms with Crippen LogP contribution in [-0.2, 0) is 11.3 Å². The van der Waals surface area contributed by atoms with Gasteiger partial charge in [0.15, 0.2) is 11.5 Å². The van der Waals surface area contributed by atoms with Crippen molar-refractivity contribution in [2.75, 3.05) is 14.2 Å². The number of aromatic amines is 1. The van der Waals surface area contributed by atoms with Crippen LogP contribution in [0.4, 0.5) is 0 Å². The van der Waals surface area contributed by atoms with E-state index in [2.05, 4.69) is 9.97 Å². The first kappa shape index (κ1) is 21.1. The molecule has 0 saturated carbocycles. The molecule has 0 unspecified atom stereocenters. The molecule has 0 saturated heterocycles. The van der Waals surface area contributed by atoms with Crippen LogP contribution in [0.5, 0.6) is 11.5 Å². The van der Waals surface area contributed by atoms with Gasteiger partial charge in [-0.2, -0.15) is 0 Å². The molecule has 0 aliphatic heterocycles. The Morgan fingerprint density at radius 1 is 1.13 bits per heavy atom. The van der Waals surface area contributed by atoms with E-state index in [9.17, 15) is 9.59 Å². The molecule has 0 radical (unpaired) electrons. The zero-order valence-electron chi connectivity index (χ0n) is 17.5. The average Bonchev–Trinajstić information content (AvgIpc) is 2.75. The molecule has 0 fully saturated rings. The molecule has 1 heterocycles. The van der Waals surface area contributed by atoms with Crippen LogP contribution in [0, 0.1) is 0 Å². The van der Waals surface area contributed by atoms with E-state index < -0.39 is 0 Å². The maximum atomic E-state index is 12.9. The molecule has 30 heavy (non-hydrogen) atoms. The summed E-state index contributed by atoms with van der Waals surface area (Å²) in [5, 5.41) is 0.525. The maximum Gasteiger partial charge on any atom is 0.258 e. The second kappa shape index (κ2) is 9.26. The lowest BCUT2D eigenvalue weighted by molar-refractivity contribution is -0.128. The van der Waals surface area contributed by atoms with Crippen molar-refractivity contribution < 1.29 is 14.3 Å². The van der Waals surface area contributed by atoms with Gasteiger partial charge in [0.25, 0.3) is 5.56 Å². The number of amides is 1. The predicted octanol–water partition coefficient (Wildman–Crippen LogP) is 3.39. The molecule has 0 bridgehead atoms. The van der Waals surface area contributed by atoms with Crippen molar-refractivity contribution in [1.82, 2.24) is 14.9 Å². The van der Waals surface area contributed by atoms with Crippen molar-refractivity contribution in [2.45, 2.75) is 26.4 Å². The molecule has 0 spiro atoms. The van der Waals surface area contributed by atoms with Gasteiger partial charge in [-0.3, -0.25) is 9.59 Å². The Morgan fingerprint density at radius 3 is 2.57 bits per heavy atom. The number of H-pyrrole nitrogens is 1. The number of para-hydroxylation sites is 1. The van der Waals surface area contributed by atoms with Crippen LogP contribution in [0.2, 0.25) is 0 Å². The molecule has 0 atom stereocenters. The molecule has 0 aliphatic carbocycles. The standard InChI is InChI=1S/C23H25N3O4/c1-15(2)26(14-21-24-18-8-6-5-7-17(18)23(28)25-21)22(27)12-10-16-9-11-19(29-3)20(13-16)30-4/h5-13,15H,14H2,1-4H3,(H,24,25,28)/b12-10+. The third kappa shape index (κ3) is 4.68. The Balaban J connectivity index is 1.82. The average molecular weight is 407 g/mol. The summed E-state index contributed by atoms with van der Waals surface area (Å²) in [6, 6.07) is 12.5. The lowest BCUT2D eigenvalue weighted by atomic mass is 10.1. The monoisotopic (exact) mass is 407 g/mol. The largest absolute Gasteiger partial charge is 0.493 e. The number of carbonyl (C=O) groups is 1. The van der Waals surface area contributed by atoms with Gasteiger partial charge in [-0.15, -0.1) is 0 Å². The van der Waals surface area contributed by atoms with E-state index in [0.29, 0.717) is 28.2 Å². The molecular formula is C23H25N3O4. The van der Waals surface area contributed by atoms with Crippen molar-refractivity contribution in [2.24, 2.45) is 0 Å². The minimum absolute atomic E-state index is 0.0793.